The van der Waals surface area contributed by atoms with Gasteiger partial charge in [0.15, 0.2) is 5.82 Å². The van der Waals surface area contributed by atoms with Gasteiger partial charge in [-0.15, -0.1) is 23.2 Å². The van der Waals surface area contributed by atoms with Crippen molar-refractivity contribution < 1.29 is 35.9 Å². The van der Waals surface area contributed by atoms with E-state index >= 15 is 0 Å². The monoisotopic (exact) mass is 629 g/mol. The summed E-state index contributed by atoms with van der Waals surface area (Å²) in [6.45, 7) is 0. The minimum absolute atomic E-state index is 0.259. The minimum atomic E-state index is -5.08. The number of carbonyl (C=O) groups excluding carboxylic acids is 2. The third kappa shape index (κ3) is 5.58. The van der Waals surface area contributed by atoms with E-state index in [1.165, 1.54) is 12.1 Å². The van der Waals surface area contributed by atoms with E-state index in [-0.39, 0.29) is 5.02 Å². The molecule has 1 saturated carbocycles. The van der Waals surface area contributed by atoms with Gasteiger partial charge in [-0.2, -0.15) is 13.2 Å². The van der Waals surface area contributed by atoms with Crippen LogP contribution in [0.25, 0.3) is 0 Å². The van der Waals surface area contributed by atoms with Gasteiger partial charge in [-0.25, -0.2) is 13.2 Å². The quantitative estimate of drug-likeness (QED) is 0.153. The number of nitrogen functional groups attached to an aromatic ring is 1. The molecule has 0 saturated heterocycles. The molecule has 206 valence electrons. The van der Waals surface area contributed by atoms with E-state index in [1.807, 2.05) is 5.32 Å². The minimum Gasteiger partial charge on any atom is -0.394 e. The molecule has 0 heterocycles. The number of nitrogens with one attached hydrogen (secondary N) is 2. The normalized spacial score (nSPS) is 18.0. The van der Waals surface area contributed by atoms with Gasteiger partial charge in [0.1, 0.15) is 21.7 Å². The highest BCUT2D eigenvalue weighted by Gasteiger charge is 2.67. The highest BCUT2D eigenvalue weighted by atomic mass is 35.5. The van der Waals surface area contributed by atoms with Crippen molar-refractivity contribution in [2.24, 2.45) is 5.92 Å². The zero-order valence-electron chi connectivity index (χ0n) is 18.9. The summed E-state index contributed by atoms with van der Waals surface area (Å²) in [5.41, 5.74) is 1.17. The number of hydrogen-bond donors (Lipinski definition) is 3. The standard InChI is InChI=1S/C24H13Cl4F6N3O2/c25-12-5-8(1-2-13(12)29)16-17(23(16,27)28)22(39)36-9-6-10(18(26)11(7-9)24(32,33)34)21(38)37-15-4-3-14(30)20(35)19(15)31/h1-7,16-17H,35H2,(H,36,39)(H,37,38)/t16-,17+/m0/s1. The maximum atomic E-state index is 14.2. The van der Waals surface area contributed by atoms with Crippen LogP contribution in [0, 0.1) is 23.4 Å². The van der Waals surface area contributed by atoms with Crippen LogP contribution in [-0.2, 0) is 11.0 Å². The van der Waals surface area contributed by atoms with Crippen LogP contribution in [0.1, 0.15) is 27.4 Å². The summed E-state index contributed by atoms with van der Waals surface area (Å²) in [5, 5.41) is 2.87. The van der Waals surface area contributed by atoms with Crippen LogP contribution in [-0.4, -0.2) is 16.1 Å². The molecule has 0 unspecified atom stereocenters. The number of benzene rings is 3. The zero-order valence-corrected chi connectivity index (χ0v) is 21.9. The van der Waals surface area contributed by atoms with Gasteiger partial charge < -0.3 is 16.4 Å². The van der Waals surface area contributed by atoms with Gasteiger partial charge in [-0.05, 0) is 42.0 Å². The van der Waals surface area contributed by atoms with Gasteiger partial charge in [0.25, 0.3) is 5.91 Å². The molecule has 2 atom stereocenters. The van der Waals surface area contributed by atoms with E-state index in [4.69, 9.17) is 52.1 Å². The van der Waals surface area contributed by atoms with Crippen LogP contribution in [0.3, 0.4) is 0 Å². The highest BCUT2D eigenvalue weighted by Crippen LogP contribution is 2.65. The van der Waals surface area contributed by atoms with Gasteiger partial charge >= 0.3 is 6.18 Å². The predicted octanol–water partition coefficient (Wildman–Crippen LogP) is 7.79. The van der Waals surface area contributed by atoms with Crippen molar-refractivity contribution in [2.75, 3.05) is 16.4 Å². The Bertz CT molecular complexity index is 1520. The van der Waals surface area contributed by atoms with Gasteiger partial charge in [-0.1, -0.05) is 29.3 Å². The van der Waals surface area contributed by atoms with E-state index in [0.717, 1.165) is 24.3 Å². The molecule has 0 aromatic heterocycles. The molecule has 2 amide bonds. The molecule has 0 bridgehead atoms. The summed E-state index contributed by atoms with van der Waals surface area (Å²) in [4.78, 5) is 25.7. The first-order chi connectivity index (χ1) is 18.0. The molecule has 0 aliphatic heterocycles. The van der Waals surface area contributed by atoms with Crippen LogP contribution < -0.4 is 16.4 Å². The van der Waals surface area contributed by atoms with Crippen molar-refractivity contribution in [3.05, 3.63) is 86.7 Å². The van der Waals surface area contributed by atoms with Crippen molar-refractivity contribution in [1.29, 1.82) is 0 Å². The van der Waals surface area contributed by atoms with Crippen molar-refractivity contribution in [2.45, 2.75) is 16.4 Å². The van der Waals surface area contributed by atoms with Crippen molar-refractivity contribution in [1.82, 2.24) is 0 Å². The van der Waals surface area contributed by atoms with Crippen LogP contribution in [0.15, 0.2) is 42.5 Å². The smallest absolute Gasteiger partial charge is 0.394 e. The second-order valence-electron chi connectivity index (χ2n) is 8.45. The lowest BCUT2D eigenvalue weighted by Gasteiger charge is -2.16. The molecule has 4 N–H and O–H groups in total. The Morgan fingerprint density at radius 2 is 1.56 bits per heavy atom. The van der Waals surface area contributed by atoms with Crippen molar-refractivity contribution in [3.8, 4) is 0 Å². The lowest BCUT2D eigenvalue weighted by Crippen LogP contribution is -2.20. The summed E-state index contributed by atoms with van der Waals surface area (Å²) < 4.78 is 80.6. The number of hydrogen-bond acceptors (Lipinski definition) is 3. The number of rotatable bonds is 5. The van der Waals surface area contributed by atoms with Gasteiger partial charge in [-0.3, -0.25) is 9.59 Å². The number of halogens is 10. The Balaban J connectivity index is 1.65. The molecule has 15 heteroatoms. The maximum Gasteiger partial charge on any atom is 0.417 e. The Morgan fingerprint density at radius 1 is 0.923 bits per heavy atom. The van der Waals surface area contributed by atoms with E-state index in [0.29, 0.717) is 11.6 Å². The van der Waals surface area contributed by atoms with Crippen molar-refractivity contribution >= 4 is 75.3 Å². The molecule has 1 aliphatic rings. The van der Waals surface area contributed by atoms with Crippen LogP contribution in [0.2, 0.25) is 10.0 Å². The second kappa shape index (κ2) is 10.3. The first-order valence-electron chi connectivity index (χ1n) is 10.6. The average Bonchev–Trinajstić information content (AvgIpc) is 3.43. The fourth-order valence-corrected chi connectivity index (χ4v) is 5.24. The SMILES string of the molecule is Nc1c(F)ccc(NC(=O)c2cc(NC(=O)[C@H]3[C@H](c4ccc(F)c(Cl)c4)C3(Cl)Cl)cc(C(F)(F)F)c2Cl)c1F. The average molecular weight is 631 g/mol. The van der Waals surface area contributed by atoms with E-state index in [2.05, 4.69) is 5.32 Å². The number of amides is 2. The predicted molar refractivity (Wildman–Crippen MR) is 136 cm³/mol. The Labute approximate surface area is 236 Å². The van der Waals surface area contributed by atoms with Crippen LogP contribution in [0.5, 0.6) is 0 Å². The van der Waals surface area contributed by atoms with Crippen LogP contribution in [0.4, 0.5) is 43.4 Å². The fourth-order valence-electron chi connectivity index (χ4n) is 3.92. The van der Waals surface area contributed by atoms with E-state index in [9.17, 15) is 35.9 Å². The second-order valence-corrected chi connectivity index (χ2v) is 10.7. The van der Waals surface area contributed by atoms with Crippen molar-refractivity contribution in [3.63, 3.8) is 0 Å². The molecule has 5 nitrogen and oxygen atoms in total. The largest absolute Gasteiger partial charge is 0.417 e. The first kappa shape index (κ1) is 29.1. The summed E-state index contributed by atoms with van der Waals surface area (Å²) in [6, 6.07) is 6.37. The molecular formula is C24H13Cl4F6N3O2. The maximum absolute atomic E-state index is 14.2. The van der Waals surface area contributed by atoms with Gasteiger partial charge in [0.05, 0.1) is 32.8 Å². The number of anilines is 3. The third-order valence-corrected chi connectivity index (χ3v) is 7.54. The zero-order chi connectivity index (χ0) is 29.0. The third-order valence-electron chi connectivity index (χ3n) is 5.90. The molecule has 39 heavy (non-hydrogen) atoms. The Hall–Kier alpha value is -2.86. The summed E-state index contributed by atoms with van der Waals surface area (Å²) in [7, 11) is 0. The fraction of sp³-hybridized carbons (Fsp3) is 0.167. The van der Waals surface area contributed by atoms with E-state index < -0.39 is 84.8 Å². The topological polar surface area (TPSA) is 84.2 Å². The molecule has 3 aromatic carbocycles. The molecule has 1 aliphatic carbocycles. The summed E-state index contributed by atoms with van der Waals surface area (Å²) in [5.74, 6) is -7.54. The number of carbonyl (C=O) groups is 2. The van der Waals surface area contributed by atoms with Gasteiger partial charge in [0, 0.05) is 11.6 Å². The van der Waals surface area contributed by atoms with Gasteiger partial charge in [0.2, 0.25) is 5.91 Å². The Morgan fingerprint density at radius 3 is 2.18 bits per heavy atom. The molecule has 0 spiro atoms. The summed E-state index contributed by atoms with van der Waals surface area (Å²) in [6.07, 6.45) is -5.08. The first-order valence-corrected chi connectivity index (χ1v) is 12.1. The number of nitrogens with two attached hydrogens (primary N) is 1. The Kier molecular flexibility index (Phi) is 7.67. The molecule has 1 fully saturated rings. The molecule has 0 radical (unpaired) electrons. The van der Waals surface area contributed by atoms with Crippen LogP contribution >= 0.6 is 46.4 Å². The lowest BCUT2D eigenvalue weighted by atomic mass is 10.1. The van der Waals surface area contributed by atoms with E-state index in [1.54, 1.807) is 0 Å². The molecule has 4 rings (SSSR count). The molecule has 3 aromatic rings. The lowest BCUT2D eigenvalue weighted by molar-refractivity contribution is -0.137. The number of alkyl halides is 5. The molecular weight excluding hydrogens is 618 g/mol. The highest BCUT2D eigenvalue weighted by molar-refractivity contribution is 6.53. The summed E-state index contributed by atoms with van der Waals surface area (Å²) >= 11 is 24.1.